The number of carbonyl (C=O) groups excluding carboxylic acids is 1. The van der Waals surface area contributed by atoms with Gasteiger partial charge in [-0.15, -0.1) is 0 Å². The number of sulfonamides is 1. The van der Waals surface area contributed by atoms with Crippen molar-refractivity contribution >= 4 is 31.9 Å². The smallest absolute Gasteiger partial charge is 0.242 e. The average molecular weight is 335 g/mol. The Labute approximate surface area is 115 Å². The van der Waals surface area contributed by atoms with Crippen LogP contribution in [-0.4, -0.2) is 27.4 Å². The van der Waals surface area contributed by atoms with E-state index in [9.17, 15) is 13.2 Å². The molecule has 0 heterocycles. The SMILES string of the molecule is CCNC(=O)CNS(=O)(=O)c1ccc(C)cc1Br. The van der Waals surface area contributed by atoms with E-state index in [1.165, 1.54) is 6.07 Å². The Kier molecular flexibility index (Phi) is 5.30. The van der Waals surface area contributed by atoms with Gasteiger partial charge in [0.05, 0.1) is 11.4 Å². The molecule has 1 amide bonds. The van der Waals surface area contributed by atoms with Gasteiger partial charge in [0.2, 0.25) is 15.9 Å². The van der Waals surface area contributed by atoms with Crippen LogP contribution < -0.4 is 10.0 Å². The molecule has 0 atom stereocenters. The van der Waals surface area contributed by atoms with Gasteiger partial charge in [0.25, 0.3) is 0 Å². The zero-order chi connectivity index (χ0) is 13.8. The standard InChI is InChI=1S/C11H15BrN2O3S/c1-3-13-11(15)7-14-18(16,17)10-5-4-8(2)6-9(10)12/h4-6,14H,3,7H2,1-2H3,(H,13,15). The van der Waals surface area contributed by atoms with Gasteiger partial charge < -0.3 is 5.32 Å². The van der Waals surface area contributed by atoms with Crippen molar-refractivity contribution in [2.45, 2.75) is 18.7 Å². The van der Waals surface area contributed by atoms with Crippen LogP contribution in [0.15, 0.2) is 27.6 Å². The minimum atomic E-state index is -3.68. The Bertz CT molecular complexity index is 543. The Hall–Kier alpha value is -0.920. The topological polar surface area (TPSA) is 75.3 Å². The van der Waals surface area contributed by atoms with Crippen LogP contribution >= 0.6 is 15.9 Å². The minimum Gasteiger partial charge on any atom is -0.355 e. The largest absolute Gasteiger partial charge is 0.355 e. The predicted octanol–water partition coefficient (Wildman–Crippen LogP) is 1.17. The van der Waals surface area contributed by atoms with Crippen LogP contribution in [0.3, 0.4) is 0 Å². The Balaban J connectivity index is 2.83. The predicted molar refractivity (Wildman–Crippen MR) is 72.8 cm³/mol. The molecule has 0 aliphatic rings. The highest BCUT2D eigenvalue weighted by molar-refractivity contribution is 9.10. The number of likely N-dealkylation sites (N-methyl/N-ethyl adjacent to an activating group) is 1. The third-order valence-corrected chi connectivity index (χ3v) is 4.55. The number of aryl methyl sites for hydroxylation is 1. The van der Waals surface area contributed by atoms with Crippen molar-refractivity contribution < 1.29 is 13.2 Å². The molecule has 100 valence electrons. The van der Waals surface area contributed by atoms with Crippen LogP contribution in [-0.2, 0) is 14.8 Å². The Morgan fingerprint density at radius 2 is 2.06 bits per heavy atom. The molecule has 0 fully saturated rings. The first-order valence-electron chi connectivity index (χ1n) is 5.39. The molecule has 18 heavy (non-hydrogen) atoms. The van der Waals surface area contributed by atoms with Gasteiger partial charge in [-0.1, -0.05) is 6.07 Å². The van der Waals surface area contributed by atoms with E-state index in [1.54, 1.807) is 19.1 Å². The Morgan fingerprint density at radius 1 is 1.39 bits per heavy atom. The molecule has 0 aromatic heterocycles. The van der Waals surface area contributed by atoms with E-state index in [4.69, 9.17) is 0 Å². The molecular weight excluding hydrogens is 320 g/mol. The van der Waals surface area contributed by atoms with Gasteiger partial charge in [-0.25, -0.2) is 13.1 Å². The molecule has 0 aliphatic heterocycles. The van der Waals surface area contributed by atoms with Crippen molar-refractivity contribution in [3.8, 4) is 0 Å². The highest BCUT2D eigenvalue weighted by Gasteiger charge is 2.18. The van der Waals surface area contributed by atoms with Crippen molar-refractivity contribution in [2.75, 3.05) is 13.1 Å². The van der Waals surface area contributed by atoms with Gasteiger partial charge >= 0.3 is 0 Å². The van der Waals surface area contributed by atoms with Gasteiger partial charge in [-0.2, -0.15) is 0 Å². The van der Waals surface area contributed by atoms with Crippen molar-refractivity contribution in [2.24, 2.45) is 0 Å². The van der Waals surface area contributed by atoms with E-state index in [1.807, 2.05) is 6.92 Å². The molecule has 1 aromatic rings. The van der Waals surface area contributed by atoms with Gasteiger partial charge in [0, 0.05) is 11.0 Å². The van der Waals surface area contributed by atoms with Crippen molar-refractivity contribution in [1.29, 1.82) is 0 Å². The number of hydrogen-bond donors (Lipinski definition) is 2. The summed E-state index contributed by atoms with van der Waals surface area (Å²) >= 11 is 3.20. The first kappa shape index (κ1) is 15.1. The fourth-order valence-corrected chi connectivity index (χ4v) is 3.49. The molecule has 0 saturated heterocycles. The highest BCUT2D eigenvalue weighted by Crippen LogP contribution is 2.22. The molecule has 2 N–H and O–H groups in total. The third-order valence-electron chi connectivity index (χ3n) is 2.17. The summed E-state index contributed by atoms with van der Waals surface area (Å²) in [6.45, 7) is 3.83. The summed E-state index contributed by atoms with van der Waals surface area (Å²) in [5.41, 5.74) is 0.949. The fraction of sp³-hybridized carbons (Fsp3) is 0.364. The van der Waals surface area contributed by atoms with Crippen LogP contribution in [0, 0.1) is 6.92 Å². The molecular formula is C11H15BrN2O3S. The maximum atomic E-state index is 12.0. The fourth-order valence-electron chi connectivity index (χ4n) is 1.32. The van der Waals surface area contributed by atoms with E-state index in [0.717, 1.165) is 5.56 Å². The number of halogens is 1. The number of nitrogens with one attached hydrogen (secondary N) is 2. The average Bonchev–Trinajstić information content (AvgIpc) is 2.26. The lowest BCUT2D eigenvalue weighted by molar-refractivity contribution is -0.119. The van der Waals surface area contributed by atoms with Gasteiger partial charge in [0.1, 0.15) is 0 Å². The lowest BCUT2D eigenvalue weighted by atomic mass is 10.2. The molecule has 0 radical (unpaired) electrons. The summed E-state index contributed by atoms with van der Waals surface area (Å²) in [7, 11) is -3.68. The maximum absolute atomic E-state index is 12.0. The van der Waals surface area contributed by atoms with Crippen molar-refractivity contribution in [1.82, 2.24) is 10.0 Å². The van der Waals surface area contributed by atoms with E-state index in [0.29, 0.717) is 11.0 Å². The van der Waals surface area contributed by atoms with Gasteiger partial charge in [-0.3, -0.25) is 4.79 Å². The summed E-state index contributed by atoms with van der Waals surface area (Å²) in [6, 6.07) is 4.91. The molecule has 1 rings (SSSR count). The number of carbonyl (C=O) groups is 1. The van der Waals surface area contributed by atoms with E-state index in [2.05, 4.69) is 26.0 Å². The lowest BCUT2D eigenvalue weighted by Gasteiger charge is -2.08. The lowest BCUT2D eigenvalue weighted by Crippen LogP contribution is -2.36. The summed E-state index contributed by atoms with van der Waals surface area (Å²) in [5, 5.41) is 2.52. The van der Waals surface area contributed by atoms with E-state index < -0.39 is 10.0 Å². The quantitative estimate of drug-likeness (QED) is 0.848. The number of rotatable bonds is 5. The second kappa shape index (κ2) is 6.31. The van der Waals surface area contributed by atoms with Crippen LogP contribution in [0.1, 0.15) is 12.5 Å². The van der Waals surface area contributed by atoms with Crippen LogP contribution in [0.2, 0.25) is 0 Å². The molecule has 0 bridgehead atoms. The summed E-state index contributed by atoms with van der Waals surface area (Å²) in [5.74, 6) is -0.357. The molecule has 0 saturated carbocycles. The third kappa shape index (κ3) is 4.08. The van der Waals surface area contributed by atoms with Crippen LogP contribution in [0.5, 0.6) is 0 Å². The summed E-state index contributed by atoms with van der Waals surface area (Å²) in [4.78, 5) is 11.3. The number of hydrogen-bond acceptors (Lipinski definition) is 3. The van der Waals surface area contributed by atoms with Crippen LogP contribution in [0.25, 0.3) is 0 Å². The zero-order valence-electron chi connectivity index (χ0n) is 10.2. The monoisotopic (exact) mass is 334 g/mol. The van der Waals surface area contributed by atoms with Gasteiger partial charge in [0.15, 0.2) is 0 Å². The second-order valence-electron chi connectivity index (χ2n) is 3.71. The zero-order valence-corrected chi connectivity index (χ0v) is 12.6. The molecule has 7 heteroatoms. The van der Waals surface area contributed by atoms with Crippen molar-refractivity contribution in [3.05, 3.63) is 28.2 Å². The molecule has 0 unspecified atom stereocenters. The van der Waals surface area contributed by atoms with E-state index >= 15 is 0 Å². The number of amides is 1. The van der Waals surface area contributed by atoms with Crippen LogP contribution in [0.4, 0.5) is 0 Å². The maximum Gasteiger partial charge on any atom is 0.242 e. The molecule has 0 aliphatic carbocycles. The summed E-state index contributed by atoms with van der Waals surface area (Å²) < 4.78 is 26.6. The molecule has 1 aromatic carbocycles. The van der Waals surface area contributed by atoms with Gasteiger partial charge in [-0.05, 0) is 47.5 Å². The first-order valence-corrected chi connectivity index (χ1v) is 7.67. The normalized spacial score (nSPS) is 11.3. The van der Waals surface area contributed by atoms with E-state index in [-0.39, 0.29) is 17.3 Å². The first-order chi connectivity index (χ1) is 8.36. The molecule has 0 spiro atoms. The minimum absolute atomic E-state index is 0.123. The summed E-state index contributed by atoms with van der Waals surface area (Å²) in [6.07, 6.45) is 0. The molecule has 5 nitrogen and oxygen atoms in total. The number of benzene rings is 1. The second-order valence-corrected chi connectivity index (χ2v) is 6.30. The van der Waals surface area contributed by atoms with Crippen molar-refractivity contribution in [3.63, 3.8) is 0 Å². The Morgan fingerprint density at radius 3 is 2.61 bits per heavy atom. The highest BCUT2D eigenvalue weighted by atomic mass is 79.9.